The average molecular weight is 1060 g/mol. The molecule has 0 aromatic rings. The first kappa shape index (κ1) is 59.3. The third kappa shape index (κ3) is 12.6. The van der Waals surface area contributed by atoms with E-state index in [0.717, 1.165) is 6.92 Å². The molecule has 6 aliphatic heterocycles. The molecule has 6 rings (SSSR count). The van der Waals surface area contributed by atoms with Crippen LogP contribution in [0.25, 0.3) is 0 Å². The summed E-state index contributed by atoms with van der Waals surface area (Å²) in [5.74, 6) is -0.859. The molecule has 6 heterocycles. The lowest BCUT2D eigenvalue weighted by molar-refractivity contribution is -0.393. The largest absolute Gasteiger partial charge is 0.394 e. The number of nitrogens with one attached hydrogen (secondary N) is 1. The monoisotopic (exact) mass is 1060 g/mol. The molecule has 31 nitrogen and oxygen atoms in total. The van der Waals surface area contributed by atoms with Gasteiger partial charge in [0.25, 0.3) is 0 Å². The zero-order chi connectivity index (χ0) is 53.0. The maximum absolute atomic E-state index is 12.8. The summed E-state index contributed by atoms with van der Waals surface area (Å²) in [5.41, 5.74) is 0. The molecule has 72 heavy (non-hydrogen) atoms. The molecule has 0 spiro atoms. The summed E-state index contributed by atoms with van der Waals surface area (Å²) >= 11 is 0. The maximum Gasteiger partial charge on any atom is 0.217 e. The van der Waals surface area contributed by atoms with E-state index in [4.69, 9.17) is 56.8 Å². The topological polar surface area (TPSA) is 484 Å². The molecule has 0 aromatic heterocycles. The Hall–Kier alpha value is -1.95. The number of aliphatic hydroxyl groups is 17. The van der Waals surface area contributed by atoms with E-state index < -0.39 is 223 Å². The van der Waals surface area contributed by atoms with Crippen molar-refractivity contribution in [1.82, 2.24) is 5.32 Å². The van der Waals surface area contributed by atoms with E-state index in [0.29, 0.717) is 0 Å². The summed E-state index contributed by atoms with van der Waals surface area (Å²) < 4.78 is 68.5. The number of carbonyl (C=O) groups is 1. The summed E-state index contributed by atoms with van der Waals surface area (Å²) in [6.45, 7) is 0.912. The lowest BCUT2D eigenvalue weighted by atomic mass is 9.94. The van der Waals surface area contributed by atoms with Gasteiger partial charge in [0.1, 0.15) is 140 Å². The van der Waals surface area contributed by atoms with Crippen molar-refractivity contribution in [3.8, 4) is 0 Å². The van der Waals surface area contributed by atoms with Crippen LogP contribution in [0.2, 0.25) is 0 Å². The van der Waals surface area contributed by atoms with Gasteiger partial charge in [0.15, 0.2) is 37.7 Å². The Labute approximate surface area is 409 Å². The van der Waals surface area contributed by atoms with Gasteiger partial charge in [-0.2, -0.15) is 0 Å². The molecule has 18 N–H and O–H groups in total. The van der Waals surface area contributed by atoms with Gasteiger partial charge in [0.2, 0.25) is 5.91 Å². The molecule has 0 aliphatic carbocycles. The van der Waals surface area contributed by atoms with E-state index in [1.165, 1.54) is 13.0 Å². The predicted molar refractivity (Wildman–Crippen MR) is 223 cm³/mol. The van der Waals surface area contributed by atoms with Crippen LogP contribution in [0.3, 0.4) is 0 Å². The van der Waals surface area contributed by atoms with Crippen molar-refractivity contribution in [1.29, 1.82) is 0 Å². The second-order valence-corrected chi connectivity index (χ2v) is 18.1. The van der Waals surface area contributed by atoms with Gasteiger partial charge in [-0.25, -0.2) is 0 Å². The van der Waals surface area contributed by atoms with Crippen LogP contribution < -0.4 is 5.32 Å². The van der Waals surface area contributed by atoms with E-state index in [2.05, 4.69) is 11.9 Å². The van der Waals surface area contributed by atoms with Crippen LogP contribution in [0.1, 0.15) is 13.8 Å². The molecular formula is C41H69NO30. The number of hydrogen-bond donors (Lipinski definition) is 18. The van der Waals surface area contributed by atoms with Gasteiger partial charge in [-0.1, -0.05) is 6.08 Å². The highest BCUT2D eigenvalue weighted by Crippen LogP contribution is 2.37. The zero-order valence-electron chi connectivity index (χ0n) is 38.8. The molecular weight excluding hydrogens is 986 g/mol. The van der Waals surface area contributed by atoms with Crippen LogP contribution in [0, 0.1) is 0 Å². The lowest BCUT2D eigenvalue weighted by Gasteiger charge is -2.51. The minimum Gasteiger partial charge on any atom is -0.394 e. The van der Waals surface area contributed by atoms with Gasteiger partial charge in [-0.15, -0.1) is 6.58 Å². The molecule has 0 radical (unpaired) electrons. The predicted octanol–water partition coefficient (Wildman–Crippen LogP) is -11.7. The third-order valence-corrected chi connectivity index (χ3v) is 13.2. The van der Waals surface area contributed by atoms with Crippen LogP contribution >= 0.6 is 0 Å². The minimum atomic E-state index is -2.21. The number of hydrogen-bond acceptors (Lipinski definition) is 30. The van der Waals surface area contributed by atoms with Crippen molar-refractivity contribution in [2.45, 2.75) is 198 Å². The Morgan fingerprint density at radius 1 is 0.431 bits per heavy atom. The lowest BCUT2D eigenvalue weighted by Crippen LogP contribution is -2.70. The van der Waals surface area contributed by atoms with Crippen molar-refractivity contribution in [3.63, 3.8) is 0 Å². The number of ether oxygens (including phenoxy) is 12. The SMILES string of the molecule is C=CCO[C@@H]1O[C@H](CO)[C@@H](O[C@@H]2O[C@H](CO)[C@H](O[C@H]3O[C@H](CO)[C@H](O)[C@H](O[C@@H]4O[C@H](CO)[C@H](O)[C@H](O[C@@H]5O[C@H](CO)[C@H](O)[C@H](O)[C@H]5O[C@@H]5O[C@@H](C)[C@@H](O)[C@@H](O)[C@@H]5O)[C@H]4NC(C)=O)[C@H]3O)[C@H](O)[C@H]2O)[C@H](O)[C@H]1O. The Kier molecular flexibility index (Phi) is 21.4. The van der Waals surface area contributed by atoms with Crippen molar-refractivity contribution < 1.29 is 148 Å². The number of carbonyl (C=O) groups excluding carboxylic acids is 1. The highest BCUT2D eigenvalue weighted by molar-refractivity contribution is 5.73. The van der Waals surface area contributed by atoms with Crippen molar-refractivity contribution >= 4 is 5.91 Å². The Bertz CT molecular complexity index is 1690. The molecule has 0 saturated carbocycles. The van der Waals surface area contributed by atoms with Gasteiger partial charge < -0.3 is 149 Å². The van der Waals surface area contributed by atoms with E-state index in [1.54, 1.807) is 0 Å². The second-order valence-electron chi connectivity index (χ2n) is 18.1. The van der Waals surface area contributed by atoms with Crippen LogP contribution in [0.4, 0.5) is 0 Å². The molecule has 1 amide bonds. The van der Waals surface area contributed by atoms with E-state index in [1.807, 2.05) is 0 Å². The molecule has 0 bridgehead atoms. The number of aliphatic hydroxyl groups excluding tert-OH is 17. The normalized spacial score (nSPS) is 50.3. The van der Waals surface area contributed by atoms with E-state index in [-0.39, 0.29) is 6.61 Å². The summed E-state index contributed by atoms with van der Waals surface area (Å²) in [6, 6.07) is -1.78. The fourth-order valence-electron chi connectivity index (χ4n) is 9.13. The van der Waals surface area contributed by atoms with E-state index in [9.17, 15) is 91.6 Å². The van der Waals surface area contributed by atoms with Crippen LogP contribution in [0.5, 0.6) is 0 Å². The van der Waals surface area contributed by atoms with Crippen molar-refractivity contribution in [3.05, 3.63) is 12.7 Å². The fourth-order valence-corrected chi connectivity index (χ4v) is 9.13. The summed E-state index contributed by atoms with van der Waals surface area (Å²) in [5, 5.41) is 186. The quantitative estimate of drug-likeness (QED) is 0.0534. The van der Waals surface area contributed by atoms with Crippen LogP contribution in [0.15, 0.2) is 12.7 Å². The Balaban J connectivity index is 1.22. The highest BCUT2D eigenvalue weighted by Gasteiger charge is 2.58. The minimum absolute atomic E-state index is 0.111. The molecule has 31 heteroatoms. The molecule has 6 saturated heterocycles. The zero-order valence-corrected chi connectivity index (χ0v) is 38.8. The Morgan fingerprint density at radius 2 is 0.819 bits per heavy atom. The van der Waals surface area contributed by atoms with Crippen LogP contribution in [-0.2, 0) is 61.6 Å². The van der Waals surface area contributed by atoms with Crippen molar-refractivity contribution in [2.75, 3.05) is 39.6 Å². The number of rotatable bonds is 19. The third-order valence-electron chi connectivity index (χ3n) is 13.2. The van der Waals surface area contributed by atoms with Gasteiger partial charge in [-0.05, 0) is 6.92 Å². The number of amides is 1. The summed E-state index contributed by atoms with van der Waals surface area (Å²) in [7, 11) is 0. The molecule has 6 fully saturated rings. The maximum atomic E-state index is 12.8. The van der Waals surface area contributed by atoms with Gasteiger partial charge in [0, 0.05) is 6.92 Å². The molecule has 0 aromatic carbocycles. The molecule has 418 valence electrons. The molecule has 0 unspecified atom stereocenters. The van der Waals surface area contributed by atoms with Crippen molar-refractivity contribution in [2.24, 2.45) is 0 Å². The average Bonchev–Trinajstić information content (AvgIpc) is 3.36. The first-order chi connectivity index (χ1) is 34.2. The highest BCUT2D eigenvalue weighted by atomic mass is 16.8. The van der Waals surface area contributed by atoms with Gasteiger partial charge >= 0.3 is 0 Å². The second kappa shape index (κ2) is 25.9. The van der Waals surface area contributed by atoms with Gasteiger partial charge in [-0.3, -0.25) is 4.79 Å². The first-order valence-corrected chi connectivity index (χ1v) is 23.1. The smallest absolute Gasteiger partial charge is 0.217 e. The summed E-state index contributed by atoms with van der Waals surface area (Å²) in [6.07, 6.45) is -51.9. The Morgan fingerprint density at radius 3 is 1.36 bits per heavy atom. The van der Waals surface area contributed by atoms with Crippen LogP contribution in [-0.4, -0.2) is 317 Å². The van der Waals surface area contributed by atoms with Gasteiger partial charge in [0.05, 0.1) is 45.7 Å². The molecule has 30 atom stereocenters. The van der Waals surface area contributed by atoms with E-state index >= 15 is 0 Å². The molecule has 6 aliphatic rings. The fraction of sp³-hybridized carbons (Fsp3) is 0.927. The standard InChI is InChI=1S/C41H69NO30/c1-4-5-61-37-28(58)25(55)31(16(9-46)66-37)68-39-29(59)26(56)32(17(10-47)67-39)69-40-30(60)34(22(52)15(8-45)64-40)71-36-18(42-12(3)48)33(21(51)14(7-44)63-36)70-41-35(24(54)20(50)13(6-43)65-41)72-38-27(57)23(53)19(49)11(2)62-38/h4,11,13-41,43-47,49-60H,1,5-10H2,2-3H3,(H,42,48)/t11-,13+,14+,15+,16+,17+,18+,19+,20-,21-,22-,23+,24-,25+,26+,27-,28+,29+,30+,31+,32-,33+,34-,35+,36-,37+,38-,39-,40+,41-/m0/s1. The summed E-state index contributed by atoms with van der Waals surface area (Å²) in [4.78, 5) is 12.8. The first-order valence-electron chi connectivity index (χ1n) is 23.1.